The zero-order valence-electron chi connectivity index (χ0n) is 19.7. The third-order valence-electron chi connectivity index (χ3n) is 5.78. The molecule has 0 aliphatic carbocycles. The van der Waals surface area contributed by atoms with Gasteiger partial charge in [-0.2, -0.15) is 0 Å². The Kier molecular flexibility index (Phi) is 7.33. The van der Waals surface area contributed by atoms with Gasteiger partial charge in [0.2, 0.25) is 0 Å². The fraction of sp³-hybridized carbons (Fsp3) is 0.231. The number of carbonyl (C=O) groups is 1. The summed E-state index contributed by atoms with van der Waals surface area (Å²) in [5.74, 6) is 1.02. The molecule has 0 fully saturated rings. The highest BCUT2D eigenvalue weighted by molar-refractivity contribution is 5.99. The molecular formula is C26H27N5O5. The quantitative estimate of drug-likeness (QED) is 0.202. The zero-order chi connectivity index (χ0) is 25.7. The number of hydrogen-bond acceptors (Lipinski definition) is 6. The second kappa shape index (κ2) is 10.8. The van der Waals surface area contributed by atoms with Gasteiger partial charge in [-0.3, -0.25) is 14.9 Å². The summed E-state index contributed by atoms with van der Waals surface area (Å²) in [5.41, 5.74) is 13.1. The van der Waals surface area contributed by atoms with Crippen molar-refractivity contribution in [2.45, 2.75) is 32.0 Å². The van der Waals surface area contributed by atoms with E-state index < -0.39 is 11.0 Å². The van der Waals surface area contributed by atoms with Crippen molar-refractivity contribution in [2.24, 2.45) is 16.5 Å². The molecule has 3 aromatic rings. The minimum atomic E-state index is -0.750. The molecule has 4 N–H and O–H groups in total. The summed E-state index contributed by atoms with van der Waals surface area (Å²) in [6, 6.07) is 20.7. The van der Waals surface area contributed by atoms with Crippen molar-refractivity contribution >= 4 is 23.2 Å². The van der Waals surface area contributed by atoms with Crippen molar-refractivity contribution in [1.82, 2.24) is 0 Å². The van der Waals surface area contributed by atoms with Gasteiger partial charge in [0.25, 0.3) is 11.6 Å². The lowest BCUT2D eigenvalue weighted by Crippen LogP contribution is -2.46. The minimum Gasteiger partial charge on any atom is -0.493 e. The van der Waals surface area contributed by atoms with E-state index in [4.69, 9.17) is 20.9 Å². The average Bonchev–Trinajstić information content (AvgIpc) is 2.86. The summed E-state index contributed by atoms with van der Waals surface area (Å²) in [6.07, 6.45) is -0.426. The maximum absolute atomic E-state index is 13.3. The van der Waals surface area contributed by atoms with Gasteiger partial charge in [0.1, 0.15) is 11.5 Å². The predicted molar refractivity (Wildman–Crippen MR) is 136 cm³/mol. The molecule has 1 heterocycles. The topological polar surface area (TPSA) is 146 Å². The van der Waals surface area contributed by atoms with Gasteiger partial charge in [-0.25, -0.2) is 4.99 Å². The number of ether oxygens (including phenoxy) is 2. The number of fused-ring (bicyclic) bond motifs is 1. The van der Waals surface area contributed by atoms with Crippen LogP contribution in [0.2, 0.25) is 0 Å². The lowest BCUT2D eigenvalue weighted by atomic mass is 10.1. The molecule has 10 nitrogen and oxygen atoms in total. The number of para-hydroxylation sites is 2. The monoisotopic (exact) mass is 489 g/mol. The number of nitro groups is 1. The number of non-ortho nitro benzene ring substituents is 1. The van der Waals surface area contributed by atoms with E-state index in [-0.39, 0.29) is 36.7 Å². The van der Waals surface area contributed by atoms with E-state index in [9.17, 15) is 14.9 Å². The highest BCUT2D eigenvalue weighted by atomic mass is 16.6. The summed E-state index contributed by atoms with van der Waals surface area (Å²) in [4.78, 5) is 29.8. The Morgan fingerprint density at radius 3 is 2.61 bits per heavy atom. The number of nitrogens with two attached hydrogens (primary N) is 2. The average molecular weight is 490 g/mol. The number of rotatable bonds is 9. The fourth-order valence-corrected chi connectivity index (χ4v) is 4.00. The van der Waals surface area contributed by atoms with E-state index in [0.717, 1.165) is 5.56 Å². The van der Waals surface area contributed by atoms with Gasteiger partial charge in [-0.1, -0.05) is 36.4 Å². The highest BCUT2D eigenvalue weighted by Gasteiger charge is 2.34. The van der Waals surface area contributed by atoms with Crippen LogP contribution in [0.4, 0.5) is 11.4 Å². The first-order valence-electron chi connectivity index (χ1n) is 11.4. The molecular weight excluding hydrogens is 462 g/mol. The first-order valence-corrected chi connectivity index (χ1v) is 11.4. The van der Waals surface area contributed by atoms with Gasteiger partial charge in [-0.05, 0) is 42.3 Å². The molecule has 2 unspecified atom stereocenters. The van der Waals surface area contributed by atoms with Crippen LogP contribution in [0.25, 0.3) is 0 Å². The zero-order valence-corrected chi connectivity index (χ0v) is 19.7. The molecule has 1 aliphatic rings. The molecule has 10 heteroatoms. The van der Waals surface area contributed by atoms with E-state index in [1.165, 1.54) is 12.1 Å². The molecule has 186 valence electrons. The fourth-order valence-electron chi connectivity index (χ4n) is 4.00. The number of benzene rings is 3. The number of anilines is 1. The van der Waals surface area contributed by atoms with Crippen molar-refractivity contribution in [2.75, 3.05) is 11.5 Å². The van der Waals surface area contributed by atoms with Crippen LogP contribution in [-0.4, -0.2) is 29.5 Å². The number of nitrogens with zero attached hydrogens (tertiary/aromatic N) is 3. The van der Waals surface area contributed by atoms with Crippen molar-refractivity contribution in [3.63, 3.8) is 0 Å². The van der Waals surface area contributed by atoms with Crippen LogP contribution in [0, 0.1) is 10.1 Å². The lowest BCUT2D eigenvalue weighted by Gasteiger charge is -2.34. The van der Waals surface area contributed by atoms with Crippen molar-refractivity contribution < 1.29 is 19.2 Å². The Morgan fingerprint density at radius 2 is 1.89 bits per heavy atom. The third-order valence-corrected chi connectivity index (χ3v) is 5.78. The predicted octanol–water partition coefficient (Wildman–Crippen LogP) is 3.69. The molecule has 0 saturated carbocycles. The Hall–Kier alpha value is -4.60. The van der Waals surface area contributed by atoms with Crippen LogP contribution in [-0.2, 0) is 11.3 Å². The Balaban J connectivity index is 1.43. The minimum absolute atomic E-state index is 0.0230. The normalized spacial score (nSPS) is 15.4. The molecule has 0 saturated heterocycles. The van der Waals surface area contributed by atoms with Crippen molar-refractivity contribution in [1.29, 1.82) is 0 Å². The summed E-state index contributed by atoms with van der Waals surface area (Å²) in [7, 11) is 0. The van der Waals surface area contributed by atoms with Crippen molar-refractivity contribution in [3.8, 4) is 11.5 Å². The van der Waals surface area contributed by atoms with Gasteiger partial charge >= 0.3 is 0 Å². The molecule has 36 heavy (non-hydrogen) atoms. The molecule has 0 spiro atoms. The van der Waals surface area contributed by atoms with E-state index in [1.807, 2.05) is 43.3 Å². The largest absolute Gasteiger partial charge is 0.493 e. The number of aliphatic imine (C=N–C) groups is 1. The molecule has 4 rings (SSSR count). The number of carbonyl (C=O) groups excluding carboxylic acids is 1. The van der Waals surface area contributed by atoms with Crippen LogP contribution in [0.3, 0.4) is 0 Å². The van der Waals surface area contributed by atoms with Gasteiger partial charge in [-0.15, -0.1) is 0 Å². The van der Waals surface area contributed by atoms with Crippen LogP contribution >= 0.6 is 0 Å². The number of hydrogen-bond donors (Lipinski definition) is 2. The summed E-state index contributed by atoms with van der Waals surface area (Å²) >= 11 is 0. The molecule has 1 amide bonds. The van der Waals surface area contributed by atoms with Crippen LogP contribution in [0.1, 0.15) is 30.5 Å². The standard InChI is InChI=1S/C26H27N5O5/c1-17(29-26(27)28)19-9-11-21(12-10-19)35-14-13-24-25(32)30(22-7-2-3-8-23(22)36-24)16-18-5-4-6-20(15-18)31(33)34/h2-12,15,17,24H,13-14,16H2,1H3,(H4,27,28,29). The SMILES string of the molecule is CC(N=C(N)N)c1ccc(OCCC2Oc3ccccc3N(Cc3cccc([N+](=O)[O-])c3)C2=O)cc1. The Morgan fingerprint density at radius 1 is 1.14 bits per heavy atom. The van der Waals surface area contributed by atoms with Gasteiger partial charge in [0, 0.05) is 18.6 Å². The van der Waals surface area contributed by atoms with Crippen molar-refractivity contribution in [3.05, 3.63) is 94.0 Å². The van der Waals surface area contributed by atoms with E-state index in [2.05, 4.69) is 4.99 Å². The first-order chi connectivity index (χ1) is 17.3. The second-order valence-electron chi connectivity index (χ2n) is 8.36. The van der Waals surface area contributed by atoms with Gasteiger partial charge in [0.15, 0.2) is 12.1 Å². The number of guanidine groups is 1. The van der Waals surface area contributed by atoms with Gasteiger partial charge < -0.3 is 25.8 Å². The molecule has 0 aromatic heterocycles. The molecule has 0 bridgehead atoms. The maximum atomic E-state index is 13.3. The lowest BCUT2D eigenvalue weighted by molar-refractivity contribution is -0.384. The van der Waals surface area contributed by atoms with Gasteiger partial charge in [0.05, 0.1) is 29.8 Å². The summed E-state index contributed by atoms with van der Waals surface area (Å²) in [5, 5.41) is 11.2. The van der Waals surface area contributed by atoms with E-state index >= 15 is 0 Å². The maximum Gasteiger partial charge on any atom is 0.269 e. The third kappa shape index (κ3) is 5.72. The van der Waals surface area contributed by atoms with E-state index in [0.29, 0.717) is 29.2 Å². The number of nitro benzene ring substituents is 1. The molecule has 0 radical (unpaired) electrons. The molecule has 1 aliphatic heterocycles. The molecule has 2 atom stereocenters. The van der Waals surface area contributed by atoms with E-state index in [1.54, 1.807) is 29.2 Å². The first kappa shape index (κ1) is 24.5. The molecule has 3 aromatic carbocycles. The Bertz CT molecular complexity index is 1270. The highest BCUT2D eigenvalue weighted by Crippen LogP contribution is 2.35. The van der Waals surface area contributed by atoms with Crippen LogP contribution in [0.15, 0.2) is 77.8 Å². The smallest absolute Gasteiger partial charge is 0.269 e. The van der Waals surface area contributed by atoms with Crippen LogP contribution in [0.5, 0.6) is 11.5 Å². The Labute approximate surface area is 208 Å². The number of amides is 1. The summed E-state index contributed by atoms with van der Waals surface area (Å²) < 4.78 is 11.8. The second-order valence-corrected chi connectivity index (χ2v) is 8.36. The van der Waals surface area contributed by atoms with Crippen LogP contribution < -0.4 is 25.8 Å². The summed E-state index contributed by atoms with van der Waals surface area (Å²) in [6.45, 7) is 2.33.